The molecule has 3 heteroatoms. The summed E-state index contributed by atoms with van der Waals surface area (Å²) in [5.74, 6) is 0. The first kappa shape index (κ1) is 21.4. The first-order chi connectivity index (χ1) is 12.0. The minimum Gasteiger partial charge on any atom is -0.391 e. The zero-order valence-corrected chi connectivity index (χ0v) is 18.5. The SMILES string of the molecule is CC(C)O[Si](OC(C)C)(C1CCCCCCC1)C1CCCCCCC1. The Bertz CT molecular complexity index is 306. The topological polar surface area (TPSA) is 18.5 Å². The van der Waals surface area contributed by atoms with Crippen molar-refractivity contribution in [2.45, 2.75) is 141 Å². The highest BCUT2D eigenvalue weighted by Crippen LogP contribution is 2.48. The van der Waals surface area contributed by atoms with E-state index in [1.807, 2.05) is 0 Å². The van der Waals surface area contributed by atoms with Crippen molar-refractivity contribution >= 4 is 8.56 Å². The highest BCUT2D eigenvalue weighted by Gasteiger charge is 2.52. The van der Waals surface area contributed by atoms with Crippen LogP contribution in [0.5, 0.6) is 0 Å². The van der Waals surface area contributed by atoms with Crippen LogP contribution >= 0.6 is 0 Å². The smallest absolute Gasteiger partial charge is 0.345 e. The van der Waals surface area contributed by atoms with Gasteiger partial charge in [-0.05, 0) is 53.4 Å². The van der Waals surface area contributed by atoms with Crippen molar-refractivity contribution in [1.82, 2.24) is 0 Å². The van der Waals surface area contributed by atoms with Crippen molar-refractivity contribution in [2.75, 3.05) is 0 Å². The highest BCUT2D eigenvalue weighted by molar-refractivity contribution is 6.70. The summed E-state index contributed by atoms with van der Waals surface area (Å²) >= 11 is 0. The second kappa shape index (κ2) is 11.1. The molecule has 0 aliphatic heterocycles. The first-order valence-electron chi connectivity index (χ1n) is 11.4. The van der Waals surface area contributed by atoms with E-state index in [1.165, 1.54) is 89.9 Å². The average Bonchev–Trinajstić information content (AvgIpc) is 2.44. The maximum Gasteiger partial charge on any atom is 0.345 e. The van der Waals surface area contributed by atoms with Crippen LogP contribution in [-0.2, 0) is 8.85 Å². The molecular weight excluding hydrogens is 324 g/mol. The van der Waals surface area contributed by atoms with Gasteiger partial charge in [0.25, 0.3) is 0 Å². The molecule has 0 aromatic rings. The Labute approximate surface area is 158 Å². The summed E-state index contributed by atoms with van der Waals surface area (Å²) in [6.45, 7) is 8.93. The summed E-state index contributed by atoms with van der Waals surface area (Å²) in [7, 11) is -2.23. The third kappa shape index (κ3) is 6.66. The molecule has 2 rings (SSSR count). The molecule has 0 amide bonds. The summed E-state index contributed by atoms with van der Waals surface area (Å²) in [4.78, 5) is 0. The van der Waals surface area contributed by atoms with E-state index in [-0.39, 0.29) is 0 Å². The van der Waals surface area contributed by atoms with Crippen molar-refractivity contribution in [2.24, 2.45) is 0 Å². The van der Waals surface area contributed by atoms with Gasteiger partial charge in [-0.3, -0.25) is 0 Å². The van der Waals surface area contributed by atoms with Gasteiger partial charge in [-0.1, -0.05) is 64.2 Å². The van der Waals surface area contributed by atoms with Gasteiger partial charge in [-0.25, -0.2) is 0 Å². The van der Waals surface area contributed by atoms with E-state index in [2.05, 4.69) is 27.7 Å². The fourth-order valence-electron chi connectivity index (χ4n) is 5.20. The molecule has 25 heavy (non-hydrogen) atoms. The van der Waals surface area contributed by atoms with Crippen molar-refractivity contribution in [3.05, 3.63) is 0 Å². The molecule has 0 aromatic carbocycles. The van der Waals surface area contributed by atoms with Gasteiger partial charge >= 0.3 is 8.56 Å². The van der Waals surface area contributed by atoms with Gasteiger partial charge in [0.2, 0.25) is 0 Å². The van der Waals surface area contributed by atoms with E-state index >= 15 is 0 Å². The third-order valence-corrected chi connectivity index (χ3v) is 11.3. The summed E-state index contributed by atoms with van der Waals surface area (Å²) < 4.78 is 13.9. The molecule has 2 fully saturated rings. The molecule has 0 radical (unpaired) electrons. The first-order valence-corrected chi connectivity index (χ1v) is 13.4. The summed E-state index contributed by atoms with van der Waals surface area (Å²) in [6, 6.07) is 0. The molecule has 0 spiro atoms. The molecule has 148 valence electrons. The zero-order chi connectivity index (χ0) is 18.1. The normalized spacial score (nSPS) is 23.3. The molecular formula is C22H44O2Si. The quantitative estimate of drug-likeness (QED) is 0.452. The Hall–Kier alpha value is 0.137. The lowest BCUT2D eigenvalue weighted by molar-refractivity contribution is 0.0817. The fourth-order valence-corrected chi connectivity index (χ4v) is 10.6. The van der Waals surface area contributed by atoms with Crippen LogP contribution in [-0.4, -0.2) is 20.8 Å². The van der Waals surface area contributed by atoms with Gasteiger partial charge in [0, 0.05) is 23.3 Å². The number of rotatable bonds is 6. The summed E-state index contributed by atoms with van der Waals surface area (Å²) in [6.07, 6.45) is 20.0. The van der Waals surface area contributed by atoms with E-state index in [0.29, 0.717) is 23.3 Å². The van der Waals surface area contributed by atoms with Gasteiger partial charge in [0.1, 0.15) is 0 Å². The lowest BCUT2D eigenvalue weighted by atomic mass is 10.00. The molecule has 2 saturated carbocycles. The van der Waals surface area contributed by atoms with E-state index in [0.717, 1.165) is 0 Å². The third-order valence-electron chi connectivity index (χ3n) is 6.19. The van der Waals surface area contributed by atoms with Crippen LogP contribution in [0.1, 0.15) is 118 Å². The average molecular weight is 369 g/mol. The minimum atomic E-state index is -2.23. The number of hydrogen-bond acceptors (Lipinski definition) is 2. The van der Waals surface area contributed by atoms with E-state index < -0.39 is 8.56 Å². The maximum absolute atomic E-state index is 6.94. The fraction of sp³-hybridized carbons (Fsp3) is 1.00. The van der Waals surface area contributed by atoms with Crippen LogP contribution in [0, 0.1) is 0 Å². The van der Waals surface area contributed by atoms with Crippen molar-refractivity contribution in [3.8, 4) is 0 Å². The van der Waals surface area contributed by atoms with Gasteiger partial charge in [0.15, 0.2) is 0 Å². The Morgan fingerprint density at radius 2 is 0.800 bits per heavy atom. The second-order valence-corrected chi connectivity index (χ2v) is 12.7. The Morgan fingerprint density at radius 1 is 0.520 bits per heavy atom. The van der Waals surface area contributed by atoms with Crippen molar-refractivity contribution in [3.63, 3.8) is 0 Å². The van der Waals surface area contributed by atoms with Crippen LogP contribution in [0.25, 0.3) is 0 Å². The molecule has 0 unspecified atom stereocenters. The predicted octanol–water partition coefficient (Wildman–Crippen LogP) is 7.51. The molecule has 2 aliphatic carbocycles. The van der Waals surface area contributed by atoms with Gasteiger partial charge in [-0.2, -0.15) is 0 Å². The van der Waals surface area contributed by atoms with Gasteiger partial charge in [0.05, 0.1) is 0 Å². The maximum atomic E-state index is 6.94. The van der Waals surface area contributed by atoms with Gasteiger partial charge < -0.3 is 8.85 Å². The largest absolute Gasteiger partial charge is 0.391 e. The van der Waals surface area contributed by atoms with Crippen LogP contribution in [0.4, 0.5) is 0 Å². The van der Waals surface area contributed by atoms with E-state index in [1.54, 1.807) is 0 Å². The van der Waals surface area contributed by atoms with Crippen molar-refractivity contribution < 1.29 is 8.85 Å². The Morgan fingerprint density at radius 3 is 1.08 bits per heavy atom. The Kier molecular flexibility index (Phi) is 9.51. The Balaban J connectivity index is 2.29. The van der Waals surface area contributed by atoms with Crippen LogP contribution < -0.4 is 0 Å². The van der Waals surface area contributed by atoms with Gasteiger partial charge in [-0.15, -0.1) is 0 Å². The molecule has 0 saturated heterocycles. The van der Waals surface area contributed by atoms with Crippen LogP contribution in [0.2, 0.25) is 11.1 Å². The minimum absolute atomic E-state index is 0.293. The lowest BCUT2D eigenvalue weighted by Gasteiger charge is -2.46. The molecule has 0 N–H and O–H groups in total. The summed E-state index contributed by atoms with van der Waals surface area (Å²) in [5.41, 5.74) is 1.42. The molecule has 0 bridgehead atoms. The molecule has 2 aliphatic rings. The predicted molar refractivity (Wildman–Crippen MR) is 110 cm³/mol. The van der Waals surface area contributed by atoms with E-state index in [9.17, 15) is 0 Å². The summed E-state index contributed by atoms with van der Waals surface area (Å²) in [5, 5.41) is 0. The van der Waals surface area contributed by atoms with Crippen molar-refractivity contribution in [1.29, 1.82) is 0 Å². The van der Waals surface area contributed by atoms with E-state index in [4.69, 9.17) is 8.85 Å². The highest BCUT2D eigenvalue weighted by atomic mass is 28.4. The molecule has 0 aromatic heterocycles. The molecule has 0 atom stereocenters. The standard InChI is InChI=1S/C22H44O2Si/c1-19(2)23-25(24-20(3)4,21-15-11-7-5-8-12-16-21)22-17-13-9-6-10-14-18-22/h19-22H,5-18H2,1-4H3. The second-order valence-electron chi connectivity index (χ2n) is 9.14. The van der Waals surface area contributed by atoms with Crippen LogP contribution in [0.3, 0.4) is 0 Å². The van der Waals surface area contributed by atoms with Crippen LogP contribution in [0.15, 0.2) is 0 Å². The zero-order valence-electron chi connectivity index (χ0n) is 17.5. The number of hydrogen-bond donors (Lipinski definition) is 0. The molecule has 2 nitrogen and oxygen atoms in total. The molecule has 0 heterocycles. The monoisotopic (exact) mass is 368 g/mol. The lowest BCUT2D eigenvalue weighted by Crippen LogP contribution is -2.54.